The van der Waals surface area contributed by atoms with Gasteiger partial charge in [-0.05, 0) is 49.4 Å². The first-order valence-corrected chi connectivity index (χ1v) is 6.53. The molecule has 2 heterocycles. The summed E-state index contributed by atoms with van der Waals surface area (Å²) in [5.41, 5.74) is 2.00. The molecule has 2 aromatic heterocycles. The van der Waals surface area contributed by atoms with Crippen molar-refractivity contribution in [3.05, 3.63) is 38.5 Å². The van der Waals surface area contributed by atoms with E-state index in [0.717, 1.165) is 20.6 Å². The van der Waals surface area contributed by atoms with Crippen LogP contribution in [0.3, 0.4) is 0 Å². The fraction of sp³-hybridized carbons (Fsp3) is 0.333. The van der Waals surface area contributed by atoms with E-state index < -0.39 is 5.97 Å². The van der Waals surface area contributed by atoms with Gasteiger partial charge in [0.1, 0.15) is 11.5 Å². The number of hydrogen-bond acceptors (Lipinski definition) is 3. The van der Waals surface area contributed by atoms with Gasteiger partial charge in [-0.25, -0.2) is 4.79 Å². The third-order valence-electron chi connectivity index (χ3n) is 2.96. The minimum Gasteiger partial charge on any atom is -0.477 e. The first kappa shape index (κ1) is 13.1. The maximum Gasteiger partial charge on any atom is 0.352 e. The van der Waals surface area contributed by atoms with E-state index in [9.17, 15) is 9.90 Å². The standard InChI is InChI=1S/C12H13IN2O3/c1-6-11(8(3)18-14-6)7(2)15-5-9(13)4-10(15)12(16)17/h4-5,7H,1-3H3,(H,16,17). The van der Waals surface area contributed by atoms with Gasteiger partial charge in [-0.2, -0.15) is 0 Å². The van der Waals surface area contributed by atoms with Gasteiger partial charge in [-0.3, -0.25) is 0 Å². The Kier molecular flexibility index (Phi) is 3.47. The molecule has 0 amide bonds. The minimum atomic E-state index is -0.934. The van der Waals surface area contributed by atoms with E-state index in [1.165, 1.54) is 0 Å². The lowest BCUT2D eigenvalue weighted by Gasteiger charge is -2.15. The van der Waals surface area contributed by atoms with Gasteiger partial charge in [0.25, 0.3) is 0 Å². The Morgan fingerprint density at radius 3 is 2.72 bits per heavy atom. The highest BCUT2D eigenvalue weighted by Gasteiger charge is 2.22. The Bertz CT molecular complexity index is 581. The number of halogens is 1. The number of aromatic nitrogens is 2. The quantitative estimate of drug-likeness (QED) is 0.855. The number of aryl methyl sites for hydroxylation is 2. The highest BCUT2D eigenvalue weighted by atomic mass is 127. The van der Waals surface area contributed by atoms with E-state index in [0.29, 0.717) is 0 Å². The average Bonchev–Trinajstić information content (AvgIpc) is 2.82. The molecule has 1 atom stereocenters. The predicted molar refractivity (Wildman–Crippen MR) is 73.9 cm³/mol. The van der Waals surface area contributed by atoms with Crippen molar-refractivity contribution in [3.63, 3.8) is 0 Å². The largest absolute Gasteiger partial charge is 0.477 e. The summed E-state index contributed by atoms with van der Waals surface area (Å²) in [6, 6.07) is 1.53. The fourth-order valence-corrected chi connectivity index (χ4v) is 2.76. The molecular formula is C12H13IN2O3. The van der Waals surface area contributed by atoms with E-state index in [1.807, 2.05) is 27.0 Å². The van der Waals surface area contributed by atoms with Gasteiger partial charge < -0.3 is 14.2 Å². The fourth-order valence-electron chi connectivity index (χ4n) is 2.16. The Labute approximate surface area is 118 Å². The van der Waals surface area contributed by atoms with E-state index in [-0.39, 0.29) is 11.7 Å². The molecule has 1 unspecified atom stereocenters. The number of aromatic carboxylic acids is 1. The summed E-state index contributed by atoms with van der Waals surface area (Å²) < 4.78 is 7.76. The Hall–Kier alpha value is -1.31. The number of carbonyl (C=O) groups is 1. The van der Waals surface area contributed by atoms with Gasteiger partial charge in [0.2, 0.25) is 0 Å². The molecule has 6 heteroatoms. The SMILES string of the molecule is Cc1noc(C)c1C(C)n1cc(I)cc1C(=O)O. The summed E-state index contributed by atoms with van der Waals surface area (Å²) in [7, 11) is 0. The molecule has 0 aliphatic heterocycles. The highest BCUT2D eigenvalue weighted by molar-refractivity contribution is 14.1. The van der Waals surface area contributed by atoms with E-state index in [2.05, 4.69) is 27.7 Å². The van der Waals surface area contributed by atoms with Crippen LogP contribution in [0.1, 0.15) is 40.5 Å². The monoisotopic (exact) mass is 360 g/mol. The Balaban J connectivity index is 2.52. The molecule has 1 N–H and O–H groups in total. The van der Waals surface area contributed by atoms with Crippen LogP contribution >= 0.6 is 22.6 Å². The predicted octanol–water partition coefficient (Wildman–Crippen LogP) is 3.01. The van der Waals surface area contributed by atoms with Crippen LogP contribution in [-0.2, 0) is 0 Å². The molecule has 0 spiro atoms. The third-order valence-corrected chi connectivity index (χ3v) is 3.55. The van der Waals surface area contributed by atoms with Crippen LogP contribution in [0.5, 0.6) is 0 Å². The maximum atomic E-state index is 11.2. The summed E-state index contributed by atoms with van der Waals surface area (Å²) in [4.78, 5) is 11.2. The zero-order chi connectivity index (χ0) is 13.4. The van der Waals surface area contributed by atoms with Crippen LogP contribution in [0.2, 0.25) is 0 Å². The van der Waals surface area contributed by atoms with Gasteiger partial charge in [-0.1, -0.05) is 5.16 Å². The van der Waals surface area contributed by atoms with Crippen LogP contribution in [0.4, 0.5) is 0 Å². The minimum absolute atomic E-state index is 0.120. The first-order valence-electron chi connectivity index (χ1n) is 5.45. The zero-order valence-electron chi connectivity index (χ0n) is 10.3. The van der Waals surface area contributed by atoms with Gasteiger partial charge in [0, 0.05) is 15.3 Å². The second-order valence-electron chi connectivity index (χ2n) is 4.17. The smallest absolute Gasteiger partial charge is 0.352 e. The normalized spacial score (nSPS) is 12.7. The molecule has 0 aromatic carbocycles. The molecule has 2 aromatic rings. The molecule has 0 saturated carbocycles. The third kappa shape index (κ3) is 2.16. The van der Waals surface area contributed by atoms with Crippen molar-refractivity contribution in [1.82, 2.24) is 9.72 Å². The molecule has 0 saturated heterocycles. The molecular weight excluding hydrogens is 347 g/mol. The van der Waals surface area contributed by atoms with Gasteiger partial charge in [0.15, 0.2) is 0 Å². The molecule has 5 nitrogen and oxygen atoms in total. The van der Waals surface area contributed by atoms with Crippen LogP contribution < -0.4 is 0 Å². The summed E-state index contributed by atoms with van der Waals surface area (Å²) >= 11 is 2.10. The van der Waals surface area contributed by atoms with Crippen molar-refractivity contribution in [1.29, 1.82) is 0 Å². The molecule has 0 fully saturated rings. The lowest BCUT2D eigenvalue weighted by Crippen LogP contribution is -2.14. The van der Waals surface area contributed by atoms with Gasteiger partial charge >= 0.3 is 5.97 Å². The molecule has 0 bridgehead atoms. The van der Waals surface area contributed by atoms with Gasteiger partial charge in [-0.15, -0.1) is 0 Å². The zero-order valence-corrected chi connectivity index (χ0v) is 12.4. The Morgan fingerprint density at radius 1 is 1.56 bits per heavy atom. The summed E-state index contributed by atoms with van der Waals surface area (Å²) in [5.74, 6) is -0.212. The van der Waals surface area contributed by atoms with Crippen LogP contribution in [-0.4, -0.2) is 20.8 Å². The Morgan fingerprint density at radius 2 is 2.22 bits per heavy atom. The summed E-state index contributed by atoms with van der Waals surface area (Å²) in [5, 5.41) is 13.1. The van der Waals surface area contributed by atoms with Gasteiger partial charge in [0.05, 0.1) is 11.7 Å². The van der Waals surface area contributed by atoms with E-state index in [1.54, 1.807) is 10.6 Å². The number of nitrogens with zero attached hydrogens (tertiary/aromatic N) is 2. The van der Waals surface area contributed by atoms with Crippen molar-refractivity contribution in [2.45, 2.75) is 26.8 Å². The lowest BCUT2D eigenvalue weighted by molar-refractivity contribution is 0.0684. The molecule has 0 radical (unpaired) electrons. The molecule has 0 aliphatic carbocycles. The van der Waals surface area contributed by atoms with E-state index >= 15 is 0 Å². The van der Waals surface area contributed by atoms with Crippen molar-refractivity contribution < 1.29 is 14.4 Å². The first-order chi connectivity index (χ1) is 8.41. The van der Waals surface area contributed by atoms with Crippen molar-refractivity contribution in [2.75, 3.05) is 0 Å². The van der Waals surface area contributed by atoms with Crippen LogP contribution in [0, 0.1) is 17.4 Å². The molecule has 96 valence electrons. The second-order valence-corrected chi connectivity index (χ2v) is 5.42. The number of rotatable bonds is 3. The summed E-state index contributed by atoms with van der Waals surface area (Å²) in [6.07, 6.45) is 1.82. The van der Waals surface area contributed by atoms with Crippen LogP contribution in [0.15, 0.2) is 16.8 Å². The average molecular weight is 360 g/mol. The van der Waals surface area contributed by atoms with E-state index in [4.69, 9.17) is 4.52 Å². The number of carboxylic acids is 1. The molecule has 18 heavy (non-hydrogen) atoms. The molecule has 0 aliphatic rings. The second kappa shape index (κ2) is 4.75. The van der Waals surface area contributed by atoms with Crippen LogP contribution in [0.25, 0.3) is 0 Å². The summed E-state index contributed by atoms with van der Waals surface area (Å²) in [6.45, 7) is 5.63. The van der Waals surface area contributed by atoms with Crippen molar-refractivity contribution >= 4 is 28.6 Å². The molecule has 2 rings (SSSR count). The lowest BCUT2D eigenvalue weighted by atomic mass is 10.1. The van der Waals surface area contributed by atoms with Crippen molar-refractivity contribution in [3.8, 4) is 0 Å². The highest BCUT2D eigenvalue weighted by Crippen LogP contribution is 2.27. The topological polar surface area (TPSA) is 68.3 Å². The number of carboxylic acid groups (broad SMARTS) is 1. The van der Waals surface area contributed by atoms with Crippen molar-refractivity contribution in [2.24, 2.45) is 0 Å². The maximum absolute atomic E-state index is 11.2. The number of hydrogen-bond donors (Lipinski definition) is 1.